The zero-order valence-electron chi connectivity index (χ0n) is 10.9. The summed E-state index contributed by atoms with van der Waals surface area (Å²) in [6, 6.07) is 7.06. The van der Waals surface area contributed by atoms with Gasteiger partial charge in [-0.2, -0.15) is 0 Å². The maximum Gasteiger partial charge on any atom is 0.165 e. The van der Waals surface area contributed by atoms with Gasteiger partial charge in [-0.15, -0.1) is 0 Å². The summed E-state index contributed by atoms with van der Waals surface area (Å²) >= 11 is 0. The molecule has 0 spiro atoms. The van der Waals surface area contributed by atoms with Crippen molar-refractivity contribution in [3.63, 3.8) is 0 Å². The Kier molecular flexibility index (Phi) is 4.29. The maximum absolute atomic E-state index is 13.6. The molecule has 0 saturated carbocycles. The Morgan fingerprint density at radius 1 is 1.05 bits per heavy atom. The Labute approximate surface area is 115 Å². The number of benzene rings is 2. The molecule has 1 atom stereocenters. The number of ether oxygens (including phenoxy) is 1. The van der Waals surface area contributed by atoms with Gasteiger partial charge in [0.1, 0.15) is 11.6 Å². The van der Waals surface area contributed by atoms with E-state index in [1.54, 1.807) is 6.07 Å². The molecular formula is C15H14F3NO. The van der Waals surface area contributed by atoms with Crippen LogP contribution in [0.15, 0.2) is 36.4 Å². The molecule has 0 heterocycles. The summed E-state index contributed by atoms with van der Waals surface area (Å²) in [4.78, 5) is 0. The second-order valence-electron chi connectivity index (χ2n) is 4.44. The van der Waals surface area contributed by atoms with E-state index in [1.165, 1.54) is 31.4 Å². The second-order valence-corrected chi connectivity index (χ2v) is 4.44. The molecule has 2 rings (SSSR count). The van der Waals surface area contributed by atoms with Crippen molar-refractivity contribution in [2.24, 2.45) is 5.73 Å². The first-order valence-corrected chi connectivity index (χ1v) is 6.04. The number of nitrogens with two attached hydrogens (primary N) is 1. The molecule has 2 nitrogen and oxygen atoms in total. The topological polar surface area (TPSA) is 35.2 Å². The van der Waals surface area contributed by atoms with Crippen molar-refractivity contribution in [1.82, 2.24) is 0 Å². The fraction of sp³-hybridized carbons (Fsp3) is 0.200. The first kappa shape index (κ1) is 14.4. The van der Waals surface area contributed by atoms with Gasteiger partial charge in [-0.1, -0.05) is 12.1 Å². The summed E-state index contributed by atoms with van der Waals surface area (Å²) in [6.45, 7) is 0. The van der Waals surface area contributed by atoms with Crippen LogP contribution in [0, 0.1) is 17.5 Å². The zero-order valence-corrected chi connectivity index (χ0v) is 10.9. The van der Waals surface area contributed by atoms with Crippen molar-refractivity contribution in [3.05, 3.63) is 65.0 Å². The highest BCUT2D eigenvalue weighted by Gasteiger charge is 2.13. The van der Waals surface area contributed by atoms with Crippen LogP contribution in [-0.4, -0.2) is 7.11 Å². The van der Waals surface area contributed by atoms with Crippen molar-refractivity contribution >= 4 is 0 Å². The Morgan fingerprint density at radius 2 is 1.80 bits per heavy atom. The molecule has 2 aromatic carbocycles. The van der Waals surface area contributed by atoms with Crippen LogP contribution in [0.2, 0.25) is 0 Å². The predicted octanol–water partition coefficient (Wildman–Crippen LogP) is 3.36. The third-order valence-electron chi connectivity index (χ3n) is 3.06. The molecule has 0 aliphatic heterocycles. The van der Waals surface area contributed by atoms with Crippen LogP contribution in [0.1, 0.15) is 17.2 Å². The fourth-order valence-corrected chi connectivity index (χ4v) is 1.96. The zero-order chi connectivity index (χ0) is 14.7. The molecule has 1 unspecified atom stereocenters. The first-order valence-electron chi connectivity index (χ1n) is 6.04. The van der Waals surface area contributed by atoms with Gasteiger partial charge in [0, 0.05) is 12.1 Å². The van der Waals surface area contributed by atoms with Gasteiger partial charge in [-0.25, -0.2) is 13.2 Å². The van der Waals surface area contributed by atoms with E-state index in [2.05, 4.69) is 0 Å². The minimum atomic E-state index is -0.658. The van der Waals surface area contributed by atoms with Gasteiger partial charge in [0.25, 0.3) is 0 Å². The Hall–Kier alpha value is -2.01. The van der Waals surface area contributed by atoms with Crippen LogP contribution >= 0.6 is 0 Å². The quantitative estimate of drug-likeness (QED) is 0.932. The Bertz CT molecular complexity index is 616. The van der Waals surface area contributed by atoms with Crippen LogP contribution in [-0.2, 0) is 6.42 Å². The average Bonchev–Trinajstić information content (AvgIpc) is 2.41. The molecule has 0 aliphatic rings. The molecule has 106 valence electrons. The SMILES string of the molecule is COc1ccc(C(N)Cc2ccc(F)cc2F)cc1F. The van der Waals surface area contributed by atoms with Crippen molar-refractivity contribution in [1.29, 1.82) is 0 Å². The van der Waals surface area contributed by atoms with Gasteiger partial charge in [-0.05, 0) is 35.7 Å². The summed E-state index contributed by atoms with van der Waals surface area (Å²) in [5.41, 5.74) is 6.73. The molecule has 0 bridgehead atoms. The van der Waals surface area contributed by atoms with E-state index in [0.717, 1.165) is 6.07 Å². The molecule has 5 heteroatoms. The standard InChI is InChI=1S/C15H14F3NO/c1-20-15-5-3-10(6-13(15)18)14(19)7-9-2-4-11(16)8-12(9)17/h2-6,8,14H,7,19H2,1H3. The van der Waals surface area contributed by atoms with Gasteiger partial charge >= 0.3 is 0 Å². The molecule has 2 aromatic rings. The van der Waals surface area contributed by atoms with Crippen LogP contribution < -0.4 is 10.5 Å². The minimum absolute atomic E-state index is 0.119. The highest BCUT2D eigenvalue weighted by molar-refractivity contribution is 5.32. The number of methoxy groups -OCH3 is 1. The minimum Gasteiger partial charge on any atom is -0.494 e. The van der Waals surface area contributed by atoms with Crippen molar-refractivity contribution < 1.29 is 17.9 Å². The van der Waals surface area contributed by atoms with Crippen molar-refractivity contribution in [3.8, 4) is 5.75 Å². The summed E-state index contributed by atoms with van der Waals surface area (Å²) < 4.78 is 44.7. The van der Waals surface area contributed by atoms with E-state index in [1.807, 2.05) is 0 Å². The third-order valence-corrected chi connectivity index (χ3v) is 3.06. The molecule has 20 heavy (non-hydrogen) atoms. The lowest BCUT2D eigenvalue weighted by Gasteiger charge is -2.14. The summed E-state index contributed by atoms with van der Waals surface area (Å²) in [6.07, 6.45) is 0.151. The highest BCUT2D eigenvalue weighted by atomic mass is 19.1. The molecule has 0 aliphatic carbocycles. The normalized spacial score (nSPS) is 12.2. The molecule has 0 radical (unpaired) electrons. The van der Waals surface area contributed by atoms with Crippen LogP contribution in [0.5, 0.6) is 5.75 Å². The summed E-state index contributed by atoms with van der Waals surface area (Å²) in [5, 5.41) is 0. The monoisotopic (exact) mass is 281 g/mol. The van der Waals surface area contributed by atoms with E-state index in [4.69, 9.17) is 10.5 Å². The number of hydrogen-bond acceptors (Lipinski definition) is 2. The lowest BCUT2D eigenvalue weighted by molar-refractivity contribution is 0.386. The van der Waals surface area contributed by atoms with Gasteiger partial charge in [0.05, 0.1) is 7.11 Å². The van der Waals surface area contributed by atoms with Crippen LogP contribution in [0.4, 0.5) is 13.2 Å². The van der Waals surface area contributed by atoms with E-state index in [9.17, 15) is 13.2 Å². The summed E-state index contributed by atoms with van der Waals surface area (Å²) in [5.74, 6) is -1.71. The lowest BCUT2D eigenvalue weighted by atomic mass is 9.99. The molecule has 0 amide bonds. The highest BCUT2D eigenvalue weighted by Crippen LogP contribution is 2.23. The van der Waals surface area contributed by atoms with Crippen molar-refractivity contribution in [2.45, 2.75) is 12.5 Å². The van der Waals surface area contributed by atoms with Gasteiger partial charge in [0.15, 0.2) is 11.6 Å². The Morgan fingerprint density at radius 3 is 2.40 bits per heavy atom. The average molecular weight is 281 g/mol. The van der Waals surface area contributed by atoms with Crippen molar-refractivity contribution in [2.75, 3.05) is 7.11 Å². The molecular weight excluding hydrogens is 267 g/mol. The predicted molar refractivity (Wildman–Crippen MR) is 69.9 cm³/mol. The molecule has 0 fully saturated rings. The van der Waals surface area contributed by atoms with Gasteiger partial charge < -0.3 is 10.5 Å². The van der Waals surface area contributed by atoms with E-state index >= 15 is 0 Å². The van der Waals surface area contributed by atoms with Gasteiger partial charge in [-0.3, -0.25) is 0 Å². The lowest BCUT2D eigenvalue weighted by Crippen LogP contribution is -2.14. The van der Waals surface area contributed by atoms with Crippen LogP contribution in [0.3, 0.4) is 0 Å². The van der Waals surface area contributed by atoms with Crippen LogP contribution in [0.25, 0.3) is 0 Å². The maximum atomic E-state index is 13.6. The third kappa shape index (κ3) is 3.11. The molecule has 2 N–H and O–H groups in total. The van der Waals surface area contributed by atoms with E-state index < -0.39 is 23.5 Å². The summed E-state index contributed by atoms with van der Waals surface area (Å²) in [7, 11) is 1.37. The van der Waals surface area contributed by atoms with Gasteiger partial charge in [0.2, 0.25) is 0 Å². The number of rotatable bonds is 4. The van der Waals surface area contributed by atoms with E-state index in [-0.39, 0.29) is 17.7 Å². The first-order chi connectivity index (χ1) is 9.51. The van der Waals surface area contributed by atoms with E-state index in [0.29, 0.717) is 5.56 Å². The Balaban J connectivity index is 2.19. The largest absolute Gasteiger partial charge is 0.494 e. The number of hydrogen-bond donors (Lipinski definition) is 1. The fourth-order valence-electron chi connectivity index (χ4n) is 1.96. The smallest absolute Gasteiger partial charge is 0.165 e. The second kappa shape index (κ2) is 5.96. The number of halogens is 3. The molecule has 0 aromatic heterocycles. The molecule has 0 saturated heterocycles.